The average Bonchev–Trinajstić information content (AvgIpc) is 2.74. The van der Waals surface area contributed by atoms with Crippen molar-refractivity contribution in [3.63, 3.8) is 0 Å². The molecule has 1 aromatic carbocycles. The third-order valence-corrected chi connectivity index (χ3v) is 2.63. The summed E-state index contributed by atoms with van der Waals surface area (Å²) in [5.41, 5.74) is 2.89. The maximum Gasteiger partial charge on any atom is 0.231 e. The molecular weight excluding hydrogens is 216 g/mol. The molecule has 1 aliphatic rings. The highest BCUT2D eigenvalue weighted by atomic mass is 16.7. The minimum absolute atomic E-state index is 0.292. The van der Waals surface area contributed by atoms with E-state index in [4.69, 9.17) is 9.47 Å². The Kier molecular flexibility index (Phi) is 2.21. The van der Waals surface area contributed by atoms with Crippen molar-refractivity contribution in [2.45, 2.75) is 13.8 Å². The van der Waals surface area contributed by atoms with Crippen LogP contribution in [0.3, 0.4) is 0 Å². The van der Waals surface area contributed by atoms with Crippen molar-refractivity contribution >= 4 is 0 Å². The average molecular weight is 228 g/mol. The number of fused-ring (bicyclic) bond motifs is 1. The van der Waals surface area contributed by atoms with Crippen LogP contribution in [0.15, 0.2) is 24.3 Å². The van der Waals surface area contributed by atoms with Gasteiger partial charge in [-0.15, -0.1) is 0 Å². The molecule has 0 fully saturated rings. The molecule has 0 spiro atoms. The molecule has 0 atom stereocenters. The molecule has 0 saturated heterocycles. The van der Waals surface area contributed by atoms with E-state index in [1.165, 1.54) is 0 Å². The van der Waals surface area contributed by atoms with Crippen molar-refractivity contribution < 1.29 is 9.47 Å². The Morgan fingerprint density at radius 2 is 1.82 bits per heavy atom. The molecule has 0 saturated carbocycles. The van der Waals surface area contributed by atoms with E-state index in [9.17, 15) is 0 Å². The Balaban J connectivity index is 2.09. The molecule has 0 unspecified atom stereocenters. The normalized spacial score (nSPS) is 12.8. The zero-order valence-electron chi connectivity index (χ0n) is 9.73. The van der Waals surface area contributed by atoms with Crippen molar-refractivity contribution in [3.05, 3.63) is 35.8 Å². The molecule has 0 amide bonds. The number of benzene rings is 1. The largest absolute Gasteiger partial charge is 0.454 e. The minimum Gasteiger partial charge on any atom is -0.454 e. The molecule has 1 aliphatic heterocycles. The van der Waals surface area contributed by atoms with Gasteiger partial charge in [0.1, 0.15) is 5.82 Å². The molecule has 0 bridgehead atoms. The van der Waals surface area contributed by atoms with Gasteiger partial charge in [0.05, 0.1) is 5.69 Å². The fourth-order valence-electron chi connectivity index (χ4n) is 1.92. The molecular formula is C13H12N2O2. The fourth-order valence-corrected chi connectivity index (χ4v) is 1.92. The molecule has 4 nitrogen and oxygen atoms in total. The van der Waals surface area contributed by atoms with E-state index >= 15 is 0 Å². The first-order valence-corrected chi connectivity index (χ1v) is 5.45. The maximum atomic E-state index is 5.36. The highest BCUT2D eigenvalue weighted by Gasteiger charge is 2.14. The number of rotatable bonds is 1. The highest BCUT2D eigenvalue weighted by molar-refractivity contribution is 5.64. The molecule has 4 heteroatoms. The SMILES string of the molecule is Cc1cc(-c2ccc3c(c2)OCO3)nc(C)n1. The summed E-state index contributed by atoms with van der Waals surface area (Å²) in [7, 11) is 0. The van der Waals surface area contributed by atoms with E-state index in [0.29, 0.717) is 6.79 Å². The van der Waals surface area contributed by atoms with E-state index in [1.54, 1.807) is 0 Å². The monoisotopic (exact) mass is 228 g/mol. The quantitative estimate of drug-likeness (QED) is 0.752. The Morgan fingerprint density at radius 3 is 2.65 bits per heavy atom. The van der Waals surface area contributed by atoms with Crippen molar-refractivity contribution in [2.75, 3.05) is 6.79 Å². The van der Waals surface area contributed by atoms with Crippen molar-refractivity contribution in [1.82, 2.24) is 9.97 Å². The van der Waals surface area contributed by atoms with Gasteiger partial charge >= 0.3 is 0 Å². The Morgan fingerprint density at radius 1 is 1.00 bits per heavy atom. The van der Waals surface area contributed by atoms with Crippen LogP contribution in [-0.4, -0.2) is 16.8 Å². The number of ether oxygens (including phenoxy) is 2. The van der Waals surface area contributed by atoms with Crippen LogP contribution >= 0.6 is 0 Å². The Labute approximate surface area is 99.2 Å². The molecule has 1 aromatic heterocycles. The van der Waals surface area contributed by atoms with Gasteiger partial charge in [0, 0.05) is 11.3 Å². The van der Waals surface area contributed by atoms with E-state index in [0.717, 1.165) is 34.3 Å². The van der Waals surface area contributed by atoms with Crippen LogP contribution in [-0.2, 0) is 0 Å². The zero-order valence-corrected chi connectivity index (χ0v) is 9.73. The third-order valence-electron chi connectivity index (χ3n) is 2.63. The minimum atomic E-state index is 0.292. The lowest BCUT2D eigenvalue weighted by Gasteiger charge is -2.04. The molecule has 86 valence electrons. The summed E-state index contributed by atoms with van der Waals surface area (Å²) in [5, 5.41) is 0. The van der Waals surface area contributed by atoms with E-state index < -0.39 is 0 Å². The van der Waals surface area contributed by atoms with Gasteiger partial charge in [0.15, 0.2) is 11.5 Å². The first-order valence-electron chi connectivity index (χ1n) is 5.45. The molecule has 0 radical (unpaired) electrons. The second-order valence-corrected chi connectivity index (χ2v) is 4.01. The molecule has 3 rings (SSSR count). The van der Waals surface area contributed by atoms with Crippen molar-refractivity contribution in [1.29, 1.82) is 0 Å². The van der Waals surface area contributed by atoms with Crippen LogP contribution in [0.5, 0.6) is 11.5 Å². The van der Waals surface area contributed by atoms with E-state index in [-0.39, 0.29) is 0 Å². The zero-order chi connectivity index (χ0) is 11.8. The molecule has 17 heavy (non-hydrogen) atoms. The molecule has 2 aromatic rings. The van der Waals surface area contributed by atoms with Gasteiger partial charge in [-0.1, -0.05) is 0 Å². The second kappa shape index (κ2) is 3.73. The maximum absolute atomic E-state index is 5.36. The Hall–Kier alpha value is -2.10. The summed E-state index contributed by atoms with van der Waals surface area (Å²) < 4.78 is 10.6. The van der Waals surface area contributed by atoms with Crippen LogP contribution < -0.4 is 9.47 Å². The highest BCUT2D eigenvalue weighted by Crippen LogP contribution is 2.35. The molecule has 0 N–H and O–H groups in total. The van der Waals surface area contributed by atoms with Gasteiger partial charge < -0.3 is 9.47 Å². The van der Waals surface area contributed by atoms with Gasteiger partial charge in [-0.2, -0.15) is 0 Å². The lowest BCUT2D eigenvalue weighted by Crippen LogP contribution is -1.94. The summed E-state index contributed by atoms with van der Waals surface area (Å²) in [4.78, 5) is 8.69. The summed E-state index contributed by atoms with van der Waals surface area (Å²) in [6, 6.07) is 7.80. The van der Waals surface area contributed by atoms with E-state index in [2.05, 4.69) is 9.97 Å². The third kappa shape index (κ3) is 1.82. The van der Waals surface area contributed by atoms with Crippen molar-refractivity contribution in [2.24, 2.45) is 0 Å². The van der Waals surface area contributed by atoms with Crippen LogP contribution in [0.2, 0.25) is 0 Å². The number of hydrogen-bond donors (Lipinski definition) is 0. The lowest BCUT2D eigenvalue weighted by molar-refractivity contribution is 0.174. The summed E-state index contributed by atoms with van der Waals surface area (Å²) in [6.45, 7) is 4.15. The number of aryl methyl sites for hydroxylation is 2. The van der Waals surface area contributed by atoms with Gasteiger partial charge in [-0.3, -0.25) is 0 Å². The Bertz CT molecular complexity index is 561. The first kappa shape index (κ1) is 10.1. The fraction of sp³-hybridized carbons (Fsp3) is 0.231. The number of hydrogen-bond acceptors (Lipinski definition) is 4. The lowest BCUT2D eigenvalue weighted by atomic mass is 10.1. The van der Waals surface area contributed by atoms with Crippen LogP contribution in [0, 0.1) is 13.8 Å². The first-order chi connectivity index (χ1) is 8.22. The topological polar surface area (TPSA) is 44.2 Å². The molecule has 0 aliphatic carbocycles. The van der Waals surface area contributed by atoms with Gasteiger partial charge in [0.25, 0.3) is 0 Å². The predicted molar refractivity (Wildman–Crippen MR) is 63.1 cm³/mol. The van der Waals surface area contributed by atoms with Crippen LogP contribution in [0.4, 0.5) is 0 Å². The van der Waals surface area contributed by atoms with Crippen LogP contribution in [0.1, 0.15) is 11.5 Å². The van der Waals surface area contributed by atoms with Gasteiger partial charge in [-0.05, 0) is 38.1 Å². The molecule has 2 heterocycles. The standard InChI is InChI=1S/C13H12N2O2/c1-8-5-11(15-9(2)14-8)10-3-4-12-13(6-10)17-7-16-12/h3-6H,7H2,1-2H3. The summed E-state index contributed by atoms with van der Waals surface area (Å²) >= 11 is 0. The predicted octanol–water partition coefficient (Wildman–Crippen LogP) is 2.49. The van der Waals surface area contributed by atoms with Gasteiger partial charge in [-0.25, -0.2) is 9.97 Å². The smallest absolute Gasteiger partial charge is 0.231 e. The van der Waals surface area contributed by atoms with E-state index in [1.807, 2.05) is 38.1 Å². The summed E-state index contributed by atoms with van der Waals surface area (Å²) in [6.07, 6.45) is 0. The van der Waals surface area contributed by atoms with Crippen LogP contribution in [0.25, 0.3) is 11.3 Å². The second-order valence-electron chi connectivity index (χ2n) is 4.01. The van der Waals surface area contributed by atoms with Crippen molar-refractivity contribution in [3.8, 4) is 22.8 Å². The number of nitrogens with zero attached hydrogens (tertiary/aromatic N) is 2. The number of aromatic nitrogens is 2. The summed E-state index contributed by atoms with van der Waals surface area (Å²) in [5.74, 6) is 2.34. The van der Waals surface area contributed by atoms with Gasteiger partial charge in [0.2, 0.25) is 6.79 Å².